The van der Waals surface area contributed by atoms with Crippen LogP contribution in [0.3, 0.4) is 0 Å². The number of hydrogen-bond donors (Lipinski definition) is 3. The number of nitrogens with one attached hydrogen (secondary N) is 3. The summed E-state index contributed by atoms with van der Waals surface area (Å²) < 4.78 is 10.3. The fourth-order valence-corrected chi connectivity index (χ4v) is 2.03. The first kappa shape index (κ1) is 24.9. The van der Waals surface area contributed by atoms with Gasteiger partial charge < -0.3 is 25.4 Å². The molecule has 1 rings (SSSR count). The minimum atomic E-state index is -0.130. The molecule has 0 radical (unpaired) electrons. The van der Waals surface area contributed by atoms with Gasteiger partial charge in [0.15, 0.2) is 5.96 Å². The van der Waals surface area contributed by atoms with Crippen LogP contribution >= 0.6 is 35.6 Å². The molecule has 1 aromatic rings. The number of amides is 1. The zero-order chi connectivity index (χ0) is 18.3. The highest BCUT2D eigenvalue weighted by Crippen LogP contribution is 2.08. The van der Waals surface area contributed by atoms with E-state index in [1.165, 1.54) is 0 Å². The van der Waals surface area contributed by atoms with Crippen molar-refractivity contribution in [2.75, 3.05) is 53.6 Å². The van der Waals surface area contributed by atoms with Gasteiger partial charge in [-0.1, -0.05) is 11.6 Å². The number of hydrogen-bond acceptors (Lipinski definition) is 4. The average Bonchev–Trinajstić information content (AvgIpc) is 2.63. The van der Waals surface area contributed by atoms with E-state index in [-0.39, 0.29) is 29.9 Å². The Bertz CT molecular complexity index is 529. The van der Waals surface area contributed by atoms with Crippen molar-refractivity contribution in [1.29, 1.82) is 0 Å². The number of guanidine groups is 1. The summed E-state index contributed by atoms with van der Waals surface area (Å²) in [5.74, 6) is 0.562. The van der Waals surface area contributed by atoms with Crippen molar-refractivity contribution in [3.63, 3.8) is 0 Å². The SMILES string of the molecule is CN=C(NCCCOCCOC)NCCNC(=O)c1ccc(Cl)cc1.I. The van der Waals surface area contributed by atoms with E-state index in [0.717, 1.165) is 13.0 Å². The van der Waals surface area contributed by atoms with Crippen LogP contribution in [0.2, 0.25) is 5.02 Å². The number of ether oxygens (including phenoxy) is 2. The van der Waals surface area contributed by atoms with Gasteiger partial charge >= 0.3 is 0 Å². The molecule has 0 unspecified atom stereocenters. The lowest BCUT2D eigenvalue weighted by atomic mass is 10.2. The van der Waals surface area contributed by atoms with Crippen LogP contribution in [0.4, 0.5) is 0 Å². The third-order valence-corrected chi connectivity index (χ3v) is 3.47. The first-order valence-electron chi connectivity index (χ1n) is 8.22. The predicted molar refractivity (Wildman–Crippen MR) is 116 cm³/mol. The molecule has 0 bridgehead atoms. The van der Waals surface area contributed by atoms with Gasteiger partial charge in [-0.05, 0) is 30.7 Å². The third-order valence-electron chi connectivity index (χ3n) is 3.22. The summed E-state index contributed by atoms with van der Waals surface area (Å²) in [6.45, 7) is 3.70. The van der Waals surface area contributed by atoms with Crippen LogP contribution in [-0.2, 0) is 9.47 Å². The van der Waals surface area contributed by atoms with Crippen LogP contribution in [0.25, 0.3) is 0 Å². The average molecular weight is 499 g/mol. The Morgan fingerprint density at radius 3 is 2.35 bits per heavy atom. The van der Waals surface area contributed by atoms with E-state index in [9.17, 15) is 4.79 Å². The summed E-state index contributed by atoms with van der Waals surface area (Å²) in [4.78, 5) is 16.1. The van der Waals surface area contributed by atoms with Crippen molar-refractivity contribution in [2.24, 2.45) is 4.99 Å². The summed E-state index contributed by atoms with van der Waals surface area (Å²) in [5, 5.41) is 9.77. The van der Waals surface area contributed by atoms with Crippen molar-refractivity contribution < 1.29 is 14.3 Å². The van der Waals surface area contributed by atoms with E-state index >= 15 is 0 Å². The molecule has 0 saturated carbocycles. The second-order valence-electron chi connectivity index (χ2n) is 5.15. The normalized spacial score (nSPS) is 10.8. The standard InChI is InChI=1S/C17H27ClN4O3.HI/c1-19-17(21-8-3-11-25-13-12-24-2)22-10-9-20-16(23)14-4-6-15(18)7-5-14;/h4-7H,3,8-13H2,1-2H3,(H,20,23)(H2,19,21,22);1H. The summed E-state index contributed by atoms with van der Waals surface area (Å²) in [7, 11) is 3.36. The van der Waals surface area contributed by atoms with Gasteiger partial charge in [0.25, 0.3) is 5.91 Å². The summed E-state index contributed by atoms with van der Waals surface area (Å²) in [5.41, 5.74) is 0.584. The van der Waals surface area contributed by atoms with Gasteiger partial charge in [0.2, 0.25) is 0 Å². The Morgan fingerprint density at radius 2 is 1.69 bits per heavy atom. The first-order valence-corrected chi connectivity index (χ1v) is 8.60. The van der Waals surface area contributed by atoms with Crippen LogP contribution in [0, 0.1) is 0 Å². The molecule has 0 spiro atoms. The lowest BCUT2D eigenvalue weighted by molar-refractivity contribution is 0.0698. The molecule has 148 valence electrons. The van der Waals surface area contributed by atoms with Crippen molar-refractivity contribution in [3.8, 4) is 0 Å². The van der Waals surface area contributed by atoms with Crippen molar-refractivity contribution in [2.45, 2.75) is 6.42 Å². The topological polar surface area (TPSA) is 84.0 Å². The Kier molecular flexibility index (Phi) is 15.4. The Labute approximate surface area is 177 Å². The molecule has 0 atom stereocenters. The van der Waals surface area contributed by atoms with E-state index in [1.807, 2.05) is 0 Å². The quantitative estimate of drug-likeness (QED) is 0.188. The second kappa shape index (κ2) is 16.1. The monoisotopic (exact) mass is 498 g/mol. The Hall–Kier alpha value is -1.10. The number of nitrogens with zero attached hydrogens (tertiary/aromatic N) is 1. The number of benzene rings is 1. The van der Waals surface area contributed by atoms with E-state index in [2.05, 4.69) is 20.9 Å². The lowest BCUT2D eigenvalue weighted by Gasteiger charge is -2.12. The van der Waals surface area contributed by atoms with Crippen LogP contribution in [-0.4, -0.2) is 65.5 Å². The molecule has 9 heteroatoms. The largest absolute Gasteiger partial charge is 0.382 e. The van der Waals surface area contributed by atoms with Gasteiger partial charge in [0.05, 0.1) is 13.2 Å². The van der Waals surface area contributed by atoms with Gasteiger partial charge in [-0.2, -0.15) is 0 Å². The van der Waals surface area contributed by atoms with Gasteiger partial charge in [-0.25, -0.2) is 0 Å². The minimum Gasteiger partial charge on any atom is -0.382 e. The number of aliphatic imine (C=N–C) groups is 1. The molecule has 0 aliphatic rings. The lowest BCUT2D eigenvalue weighted by Crippen LogP contribution is -2.42. The fraction of sp³-hybridized carbons (Fsp3) is 0.529. The zero-order valence-corrected chi connectivity index (χ0v) is 18.3. The number of carbonyl (C=O) groups is 1. The first-order chi connectivity index (χ1) is 12.2. The molecule has 1 aromatic carbocycles. The van der Waals surface area contributed by atoms with Crippen LogP contribution < -0.4 is 16.0 Å². The highest BCUT2D eigenvalue weighted by Gasteiger charge is 2.04. The van der Waals surface area contributed by atoms with Gasteiger partial charge in [0.1, 0.15) is 0 Å². The van der Waals surface area contributed by atoms with Gasteiger partial charge in [0, 0.05) is 51.0 Å². The molecule has 26 heavy (non-hydrogen) atoms. The minimum absolute atomic E-state index is 0. The van der Waals surface area contributed by atoms with E-state index < -0.39 is 0 Å². The highest BCUT2D eigenvalue weighted by atomic mass is 127. The van der Waals surface area contributed by atoms with E-state index in [0.29, 0.717) is 49.5 Å². The van der Waals surface area contributed by atoms with E-state index in [1.54, 1.807) is 38.4 Å². The molecule has 0 aliphatic heterocycles. The molecule has 0 aromatic heterocycles. The van der Waals surface area contributed by atoms with E-state index in [4.69, 9.17) is 21.1 Å². The maximum absolute atomic E-state index is 11.9. The van der Waals surface area contributed by atoms with Crippen LogP contribution in [0.5, 0.6) is 0 Å². The molecule has 0 heterocycles. The van der Waals surface area contributed by atoms with Crippen molar-refractivity contribution in [1.82, 2.24) is 16.0 Å². The molecule has 3 N–H and O–H groups in total. The molecular formula is C17H28ClIN4O3. The summed E-state index contributed by atoms with van der Waals surface area (Å²) in [6.07, 6.45) is 0.873. The predicted octanol–water partition coefficient (Wildman–Crippen LogP) is 1.91. The van der Waals surface area contributed by atoms with Crippen LogP contribution in [0.1, 0.15) is 16.8 Å². The Morgan fingerprint density at radius 1 is 1.04 bits per heavy atom. The zero-order valence-electron chi connectivity index (χ0n) is 15.2. The molecular weight excluding hydrogens is 471 g/mol. The van der Waals surface area contributed by atoms with Gasteiger partial charge in [-0.3, -0.25) is 9.79 Å². The molecule has 0 fully saturated rings. The fourth-order valence-electron chi connectivity index (χ4n) is 1.91. The number of carbonyl (C=O) groups excluding carboxylic acids is 1. The summed E-state index contributed by atoms with van der Waals surface area (Å²) in [6, 6.07) is 6.78. The maximum Gasteiger partial charge on any atom is 0.251 e. The molecule has 0 aliphatic carbocycles. The number of rotatable bonds is 11. The smallest absolute Gasteiger partial charge is 0.251 e. The second-order valence-corrected chi connectivity index (χ2v) is 5.58. The number of methoxy groups -OCH3 is 1. The molecule has 7 nitrogen and oxygen atoms in total. The maximum atomic E-state index is 11.9. The molecule has 1 amide bonds. The number of halogens is 2. The summed E-state index contributed by atoms with van der Waals surface area (Å²) >= 11 is 5.80. The van der Waals surface area contributed by atoms with Gasteiger partial charge in [-0.15, -0.1) is 24.0 Å². The van der Waals surface area contributed by atoms with Crippen molar-refractivity contribution >= 4 is 47.4 Å². The highest BCUT2D eigenvalue weighted by molar-refractivity contribution is 14.0. The molecule has 0 saturated heterocycles. The third kappa shape index (κ3) is 11.5. The van der Waals surface area contributed by atoms with Crippen LogP contribution in [0.15, 0.2) is 29.3 Å². The van der Waals surface area contributed by atoms with Crippen molar-refractivity contribution in [3.05, 3.63) is 34.9 Å². The Balaban J connectivity index is 0.00000625.